The van der Waals surface area contributed by atoms with Crippen molar-refractivity contribution in [3.8, 4) is 11.5 Å². The van der Waals surface area contributed by atoms with Crippen molar-refractivity contribution in [2.75, 3.05) is 70.8 Å². The highest BCUT2D eigenvalue weighted by atomic mass is 32.1. The number of para-hydroxylation sites is 2. The minimum absolute atomic E-state index is 0.0364. The van der Waals surface area contributed by atoms with Gasteiger partial charge in [-0.05, 0) is 236 Å². The first-order chi connectivity index (χ1) is 57.3. The molecule has 34 atom stereocenters. The molecular formula is C93H139N5O20S. The lowest BCUT2D eigenvalue weighted by Gasteiger charge is -2.44. The normalized spacial score (nSPS) is 41.4. The zero-order chi connectivity index (χ0) is 84.8. The van der Waals surface area contributed by atoms with Gasteiger partial charge in [-0.2, -0.15) is 0 Å². The number of nitrogens with one attached hydrogen (secondary N) is 1. The number of fused-ring (bicyclic) bond motifs is 11. The van der Waals surface area contributed by atoms with E-state index < -0.39 is 24.8 Å². The van der Waals surface area contributed by atoms with Crippen molar-refractivity contribution < 1.29 is 95.0 Å². The molecule has 15 rings (SSSR count). The van der Waals surface area contributed by atoms with Gasteiger partial charge in [0.25, 0.3) is 0 Å². The molecule has 6 aliphatic heterocycles. The summed E-state index contributed by atoms with van der Waals surface area (Å²) in [6.45, 7) is 18.6. The second-order valence-corrected chi connectivity index (χ2v) is 37.2. The van der Waals surface area contributed by atoms with Crippen molar-refractivity contribution in [2.45, 2.75) is 313 Å². The first kappa shape index (κ1) is 91.6. The van der Waals surface area contributed by atoms with Gasteiger partial charge in [0.05, 0.1) is 78.2 Å². The predicted molar refractivity (Wildman–Crippen MR) is 450 cm³/mol. The van der Waals surface area contributed by atoms with E-state index in [1.54, 1.807) is 54.0 Å². The summed E-state index contributed by atoms with van der Waals surface area (Å²) in [5.41, 5.74) is 7.59. The van der Waals surface area contributed by atoms with Crippen LogP contribution in [0.5, 0.6) is 0 Å². The third-order valence-corrected chi connectivity index (χ3v) is 29.6. The molecule has 0 radical (unpaired) electrons. The quantitative estimate of drug-likeness (QED) is 0.0863. The number of carbonyl (C=O) groups excluding carboxylic acids is 4. The van der Waals surface area contributed by atoms with Crippen LogP contribution in [-0.2, 0) is 95.0 Å². The maximum Gasteiger partial charge on any atom is 0.306 e. The Labute approximate surface area is 710 Å². The zero-order valence-corrected chi connectivity index (χ0v) is 74.9. The summed E-state index contributed by atoms with van der Waals surface area (Å²) >= 11 is 1.57. The van der Waals surface area contributed by atoms with Crippen molar-refractivity contribution in [1.29, 1.82) is 0 Å². The maximum absolute atomic E-state index is 14.7. The Bertz CT molecular complexity index is 3910. The fourth-order valence-corrected chi connectivity index (χ4v) is 23.1. The summed E-state index contributed by atoms with van der Waals surface area (Å²) in [5, 5.41) is 1.98. The van der Waals surface area contributed by atoms with Crippen LogP contribution in [0.4, 0.5) is 0 Å². The number of Topliss-reactive ketones (excluding diaryl/α,β-unsaturated/α-hetero) is 2. The Morgan fingerprint density at radius 1 is 0.504 bits per heavy atom. The number of nitrogens with zero attached hydrogens (tertiary/aromatic N) is 4. The van der Waals surface area contributed by atoms with Gasteiger partial charge in [-0.3, -0.25) is 19.2 Å². The van der Waals surface area contributed by atoms with E-state index in [0.717, 1.165) is 124 Å². The molecule has 3 aromatic rings. The number of H-pyrrole nitrogens is 1. The molecule has 6 saturated heterocycles. The molecule has 0 unspecified atom stereocenters. The number of cyclic esters (lactones) is 2. The van der Waals surface area contributed by atoms with Gasteiger partial charge >= 0.3 is 11.9 Å². The highest BCUT2D eigenvalue weighted by molar-refractivity contribution is 7.07. The summed E-state index contributed by atoms with van der Waals surface area (Å²) in [4.78, 5) is 72.8. The molecular weight excluding hydrogens is 1540 g/mol. The first-order valence-corrected chi connectivity index (χ1v) is 45.6. The van der Waals surface area contributed by atoms with Crippen LogP contribution in [0.2, 0.25) is 0 Å². The largest absolute Gasteiger partial charge is 0.462 e. The van der Waals surface area contributed by atoms with Gasteiger partial charge in [0, 0.05) is 83.8 Å². The molecule has 8 heterocycles. The van der Waals surface area contributed by atoms with Crippen LogP contribution in [0.1, 0.15) is 178 Å². The number of allylic oxidation sites excluding steroid dienone is 8. The van der Waals surface area contributed by atoms with Gasteiger partial charge < -0.3 is 90.6 Å². The number of esters is 2. The molecule has 8 fully saturated rings. The number of hydrogen-bond donors (Lipinski definition) is 1. The summed E-state index contributed by atoms with van der Waals surface area (Å²) in [6, 6.07) is 8.65. The molecule has 0 bridgehead atoms. The lowest BCUT2D eigenvalue weighted by Crippen LogP contribution is -2.59. The Balaban J connectivity index is 0.000000176. The lowest BCUT2D eigenvalue weighted by atomic mass is 9.67. The summed E-state index contributed by atoms with van der Waals surface area (Å²) in [5.74, 6) is 0.870. The van der Waals surface area contributed by atoms with Crippen LogP contribution in [0.25, 0.3) is 22.6 Å². The first-order valence-electron chi connectivity index (χ1n) is 44.6. The molecule has 1 aromatic carbocycles. The molecule has 0 amide bonds. The van der Waals surface area contributed by atoms with E-state index in [9.17, 15) is 19.2 Å². The predicted octanol–water partition coefficient (Wildman–Crippen LogP) is 14.1. The standard InChI is InChI=1S/C42H67NO10.C41H65NO10.C10H7N3S/c1-11-26-13-12-14-35(53-37-16-15-34(43(6)7)24(4)49-37)23(3)38(45)33-20-31-29(32(33)21-36(44)51-26)17-22(2)28-18-27(19-30(28)31)52-42-41(48-10)40(47-9)39(46-8)25(5)50-42;1-10-26-12-11-13-34(52-36-17-16-33(42(5)6)23(3)48-36)22(2)37(44)32-20-30-28(31(32)21-35(43)50-26)15-14-25-18-27(19-29(25)30)51-41-40(47-9)39(46-8)38(45-7)24(4)49-41;1-2-4-8-7(3-1)12-10(13-8)9-5-14-6-11-9/h17,20,23-32,34-35,37,39-42H,11-16,18-19,21H2,1-10H3;14-15,20,22-31,33-34,36,38-41H,10-13,16-19,21H2,1-9H3;1-6H,(H,12,13)/t23-,24-,25+,26+,27-,28+,29-,30-,31-,32+,34+,35+,37+,39+,40-,41-,42+;22-,23-,24+,25-,26+,27-,28-,29-,30-,31+,33+,34+,36+,38+,39-,40-,41+;/m11./s1. The third kappa shape index (κ3) is 20.6. The number of ether oxygens (including phenoxy) is 16. The fraction of sp³-hybridized carbons (Fsp3) is 0.763. The molecule has 119 heavy (non-hydrogen) atoms. The van der Waals surface area contributed by atoms with Crippen LogP contribution >= 0.6 is 11.3 Å². The SMILES string of the molecule is CC[C@H]1CCC[C@H](O[C@H]2CC[C@H](N(C)C)[C@@H](C)O2)[C@@H](C)C(=O)C2=C[C@@H]3[C@@H](C=C(C)[C@@H]4C[C@@H](O[C@@H]5O[C@@H](C)[C@H](OC)[C@@H](OC)[C@H]5OC)C[C@@H]34)[C@@H]2CC(=O)O1.CC[C@H]1CCC[C@H](O[C@H]2CC[C@H](N(C)C)[C@@H](C)O2)[C@@H](C)C(=O)C2=C[C@@H]3[C@@H](C=C[C@@H]4C[C@@H](O[C@@H]5O[C@@H](C)[C@H](OC)[C@@H](OC)[C@H]5OC)C[C@@H]34)[C@@H]2CC(=O)O1.c1ccc2[nH]c(-c3cscn3)nc2c1. The van der Waals surface area contributed by atoms with E-state index in [1.807, 2.05) is 62.9 Å². The van der Waals surface area contributed by atoms with Gasteiger partial charge in [0.1, 0.15) is 54.5 Å². The number of rotatable bonds is 19. The van der Waals surface area contributed by atoms with E-state index in [4.69, 9.17) is 75.8 Å². The van der Waals surface area contributed by atoms with E-state index in [2.05, 4.69) is 118 Å². The number of hydrogen-bond acceptors (Lipinski definition) is 25. The van der Waals surface area contributed by atoms with E-state index >= 15 is 0 Å². The van der Waals surface area contributed by atoms with Gasteiger partial charge in [-0.25, -0.2) is 9.97 Å². The van der Waals surface area contributed by atoms with Crippen molar-refractivity contribution in [2.24, 2.45) is 71.0 Å². The molecule has 662 valence electrons. The molecule has 26 heteroatoms. The van der Waals surface area contributed by atoms with Crippen molar-refractivity contribution >= 4 is 45.9 Å². The fourth-order valence-electron chi connectivity index (χ4n) is 22.6. The number of ketones is 2. The minimum Gasteiger partial charge on any atom is -0.462 e. The number of benzene rings is 1. The molecule has 6 aliphatic carbocycles. The number of carbonyl (C=O) groups is 4. The van der Waals surface area contributed by atoms with Gasteiger partial charge in [-0.15, -0.1) is 11.3 Å². The van der Waals surface area contributed by atoms with E-state index in [1.165, 1.54) is 5.57 Å². The number of likely N-dealkylation sites (N-methyl/N-ethyl adjacent to an activating group) is 2. The number of aromatic amines is 1. The maximum atomic E-state index is 14.7. The van der Waals surface area contributed by atoms with Crippen molar-refractivity contribution in [3.05, 3.63) is 82.3 Å². The Morgan fingerprint density at radius 3 is 1.46 bits per heavy atom. The lowest BCUT2D eigenvalue weighted by molar-refractivity contribution is -0.314. The number of methoxy groups -OCH3 is 6. The highest BCUT2D eigenvalue weighted by Gasteiger charge is 2.57. The molecule has 2 aromatic heterocycles. The van der Waals surface area contributed by atoms with Gasteiger partial charge in [0.2, 0.25) is 0 Å². The number of imidazole rings is 1. The van der Waals surface area contributed by atoms with Crippen molar-refractivity contribution in [3.63, 3.8) is 0 Å². The number of aromatic nitrogens is 3. The zero-order valence-electron chi connectivity index (χ0n) is 74.1. The van der Waals surface area contributed by atoms with Crippen LogP contribution in [0.3, 0.4) is 0 Å². The third-order valence-electron chi connectivity index (χ3n) is 29.0. The van der Waals surface area contributed by atoms with Crippen LogP contribution in [0, 0.1) is 71.0 Å². The molecule has 0 spiro atoms. The molecule has 25 nitrogen and oxygen atoms in total. The second kappa shape index (κ2) is 41.4. The Kier molecular flexibility index (Phi) is 31.8. The van der Waals surface area contributed by atoms with Crippen LogP contribution in [0.15, 0.2) is 82.3 Å². The summed E-state index contributed by atoms with van der Waals surface area (Å²) in [7, 11) is 18.3. The average Bonchev–Trinajstić information content (AvgIpc) is 1.56. The molecule has 1 N–H and O–H groups in total. The summed E-state index contributed by atoms with van der Waals surface area (Å²) in [6.07, 6.45) is 19.4. The van der Waals surface area contributed by atoms with Crippen LogP contribution in [-0.4, -0.2) is 254 Å². The Morgan fingerprint density at radius 2 is 0.992 bits per heavy atom. The molecule has 2 saturated carbocycles. The van der Waals surface area contributed by atoms with E-state index in [0.29, 0.717) is 36.8 Å². The second-order valence-electron chi connectivity index (χ2n) is 36.4. The summed E-state index contributed by atoms with van der Waals surface area (Å²) < 4.78 is 99.3. The van der Waals surface area contributed by atoms with Crippen LogP contribution < -0.4 is 0 Å². The van der Waals surface area contributed by atoms with Crippen molar-refractivity contribution in [1.82, 2.24) is 24.8 Å². The monoisotopic (exact) mass is 1680 g/mol. The van der Waals surface area contributed by atoms with Gasteiger partial charge in [0.15, 0.2) is 42.6 Å². The Hall–Kier alpha value is -5.08. The highest BCUT2D eigenvalue weighted by Crippen LogP contribution is 2.58. The minimum atomic E-state index is -0.598. The van der Waals surface area contributed by atoms with E-state index in [-0.39, 0.29) is 194 Å². The number of thiazole rings is 1. The smallest absolute Gasteiger partial charge is 0.306 e. The topological polar surface area (TPSA) is 264 Å². The average molecular weight is 1680 g/mol. The molecule has 12 aliphatic rings. The van der Waals surface area contributed by atoms with Gasteiger partial charge in [-0.1, -0.05) is 75.8 Å².